The van der Waals surface area contributed by atoms with Crippen LogP contribution in [0.1, 0.15) is 5.82 Å². The number of morpholine rings is 1. The van der Waals surface area contributed by atoms with Crippen LogP contribution in [0.4, 0.5) is 0 Å². The van der Waals surface area contributed by atoms with Gasteiger partial charge in [-0.1, -0.05) is 0 Å². The van der Waals surface area contributed by atoms with Gasteiger partial charge in [-0.3, -0.25) is 9.69 Å². The van der Waals surface area contributed by atoms with Crippen molar-refractivity contribution in [1.82, 2.24) is 19.8 Å². The van der Waals surface area contributed by atoms with Crippen molar-refractivity contribution < 1.29 is 9.53 Å². The van der Waals surface area contributed by atoms with E-state index >= 15 is 0 Å². The number of aryl methyl sites for hydroxylation is 1. The van der Waals surface area contributed by atoms with Crippen LogP contribution < -0.4 is 5.32 Å². The number of amides is 1. The number of hydrogen-bond acceptors (Lipinski definition) is 4. The summed E-state index contributed by atoms with van der Waals surface area (Å²) in [6.07, 6.45) is 3.89. The maximum Gasteiger partial charge on any atom is 0.227 e. The van der Waals surface area contributed by atoms with E-state index in [0.717, 1.165) is 38.7 Å². The summed E-state index contributed by atoms with van der Waals surface area (Å²) in [6.45, 7) is 5.06. The molecule has 1 amide bonds. The molecule has 100 valence electrons. The third kappa shape index (κ3) is 3.82. The molecule has 2 rings (SSSR count). The number of nitrogens with one attached hydrogen (secondary N) is 1. The molecule has 0 unspecified atom stereocenters. The quantitative estimate of drug-likeness (QED) is 0.761. The fourth-order valence-corrected chi connectivity index (χ4v) is 1.95. The van der Waals surface area contributed by atoms with Crippen molar-refractivity contribution in [3.05, 3.63) is 18.2 Å². The second kappa shape index (κ2) is 6.51. The van der Waals surface area contributed by atoms with Gasteiger partial charge < -0.3 is 14.6 Å². The molecule has 0 aromatic carbocycles. The standard InChI is InChI=1S/C12H20N4O2/c1-15-4-2-13-11(15)10-12(17)14-3-5-16-6-8-18-9-7-16/h2,4H,3,5-10H2,1H3,(H,14,17). The molecule has 0 atom stereocenters. The van der Waals surface area contributed by atoms with E-state index in [0.29, 0.717) is 13.0 Å². The van der Waals surface area contributed by atoms with Crippen molar-refractivity contribution in [3.63, 3.8) is 0 Å². The minimum Gasteiger partial charge on any atom is -0.379 e. The van der Waals surface area contributed by atoms with Crippen LogP contribution in [0.25, 0.3) is 0 Å². The third-order valence-electron chi connectivity index (χ3n) is 3.09. The highest BCUT2D eigenvalue weighted by molar-refractivity contribution is 5.77. The zero-order valence-electron chi connectivity index (χ0n) is 10.8. The number of rotatable bonds is 5. The van der Waals surface area contributed by atoms with Crippen LogP contribution >= 0.6 is 0 Å². The fourth-order valence-electron chi connectivity index (χ4n) is 1.95. The summed E-state index contributed by atoms with van der Waals surface area (Å²) in [7, 11) is 1.89. The number of nitrogens with zero attached hydrogens (tertiary/aromatic N) is 3. The van der Waals surface area contributed by atoms with E-state index < -0.39 is 0 Å². The molecule has 1 N–H and O–H groups in total. The number of carbonyl (C=O) groups is 1. The zero-order valence-corrected chi connectivity index (χ0v) is 10.8. The zero-order chi connectivity index (χ0) is 12.8. The van der Waals surface area contributed by atoms with Gasteiger partial charge in [0.15, 0.2) is 0 Å². The van der Waals surface area contributed by atoms with Crippen LogP contribution in [-0.4, -0.2) is 59.8 Å². The Balaban J connectivity index is 1.64. The van der Waals surface area contributed by atoms with E-state index in [4.69, 9.17) is 4.74 Å². The monoisotopic (exact) mass is 252 g/mol. The summed E-state index contributed by atoms with van der Waals surface area (Å²) in [5.41, 5.74) is 0. The molecule has 0 spiro atoms. The van der Waals surface area contributed by atoms with Crippen molar-refractivity contribution in [3.8, 4) is 0 Å². The van der Waals surface area contributed by atoms with Crippen LogP contribution in [0.2, 0.25) is 0 Å². The molecular formula is C12H20N4O2. The normalized spacial score (nSPS) is 16.7. The summed E-state index contributed by atoms with van der Waals surface area (Å²) in [4.78, 5) is 18.1. The van der Waals surface area contributed by atoms with E-state index in [1.807, 2.05) is 17.8 Å². The van der Waals surface area contributed by atoms with Gasteiger partial charge in [-0.15, -0.1) is 0 Å². The van der Waals surface area contributed by atoms with Crippen molar-refractivity contribution >= 4 is 5.91 Å². The molecule has 1 saturated heterocycles. The predicted molar refractivity (Wildman–Crippen MR) is 67.2 cm³/mol. The lowest BCUT2D eigenvalue weighted by molar-refractivity contribution is -0.120. The number of ether oxygens (including phenoxy) is 1. The fraction of sp³-hybridized carbons (Fsp3) is 0.667. The van der Waals surface area contributed by atoms with Gasteiger partial charge >= 0.3 is 0 Å². The first-order valence-electron chi connectivity index (χ1n) is 6.28. The predicted octanol–water partition coefficient (Wildman–Crippen LogP) is -0.589. The first-order chi connectivity index (χ1) is 8.75. The minimum atomic E-state index is 0.0255. The van der Waals surface area contributed by atoms with Crippen LogP contribution in [-0.2, 0) is 23.0 Å². The molecule has 1 fully saturated rings. The highest BCUT2D eigenvalue weighted by Crippen LogP contribution is 1.96. The lowest BCUT2D eigenvalue weighted by Gasteiger charge is -2.26. The largest absolute Gasteiger partial charge is 0.379 e. The van der Waals surface area contributed by atoms with Gasteiger partial charge in [0.2, 0.25) is 5.91 Å². The van der Waals surface area contributed by atoms with Gasteiger partial charge in [0.25, 0.3) is 0 Å². The third-order valence-corrected chi connectivity index (χ3v) is 3.09. The van der Waals surface area contributed by atoms with Gasteiger partial charge in [-0.05, 0) is 0 Å². The van der Waals surface area contributed by atoms with E-state index in [-0.39, 0.29) is 5.91 Å². The summed E-state index contributed by atoms with van der Waals surface area (Å²) < 4.78 is 7.13. The summed E-state index contributed by atoms with van der Waals surface area (Å²) in [6, 6.07) is 0. The molecular weight excluding hydrogens is 232 g/mol. The molecule has 1 aromatic heterocycles. The Morgan fingerprint density at radius 3 is 2.94 bits per heavy atom. The second-order valence-electron chi connectivity index (χ2n) is 4.44. The van der Waals surface area contributed by atoms with Gasteiger partial charge in [0, 0.05) is 45.6 Å². The van der Waals surface area contributed by atoms with Crippen LogP contribution in [0.15, 0.2) is 12.4 Å². The summed E-state index contributed by atoms with van der Waals surface area (Å²) in [5, 5.41) is 2.92. The van der Waals surface area contributed by atoms with Crippen LogP contribution in [0, 0.1) is 0 Å². The maximum absolute atomic E-state index is 11.7. The molecule has 2 heterocycles. The number of hydrogen-bond donors (Lipinski definition) is 1. The summed E-state index contributed by atoms with van der Waals surface area (Å²) in [5.74, 6) is 0.816. The number of carbonyl (C=O) groups excluding carboxylic acids is 1. The Hall–Kier alpha value is -1.40. The average molecular weight is 252 g/mol. The van der Waals surface area contributed by atoms with Gasteiger partial charge in [0.05, 0.1) is 19.6 Å². The van der Waals surface area contributed by atoms with Gasteiger partial charge in [-0.25, -0.2) is 4.98 Å². The molecule has 0 saturated carbocycles. The van der Waals surface area contributed by atoms with Gasteiger partial charge in [0.1, 0.15) is 5.82 Å². The lowest BCUT2D eigenvalue weighted by atomic mass is 10.3. The number of aromatic nitrogens is 2. The molecule has 0 aliphatic carbocycles. The second-order valence-corrected chi connectivity index (χ2v) is 4.44. The highest BCUT2D eigenvalue weighted by Gasteiger charge is 2.11. The molecule has 18 heavy (non-hydrogen) atoms. The van der Waals surface area contributed by atoms with Crippen molar-refractivity contribution in [2.45, 2.75) is 6.42 Å². The van der Waals surface area contributed by atoms with E-state index in [9.17, 15) is 4.79 Å². The molecule has 0 radical (unpaired) electrons. The first kappa shape index (κ1) is 13.0. The van der Waals surface area contributed by atoms with Gasteiger partial charge in [-0.2, -0.15) is 0 Å². The van der Waals surface area contributed by atoms with Crippen LogP contribution in [0.3, 0.4) is 0 Å². The Morgan fingerprint density at radius 2 is 2.28 bits per heavy atom. The number of imidazole rings is 1. The van der Waals surface area contributed by atoms with Crippen LogP contribution in [0.5, 0.6) is 0 Å². The molecule has 1 aliphatic heterocycles. The molecule has 6 heteroatoms. The van der Waals surface area contributed by atoms with E-state index in [2.05, 4.69) is 15.2 Å². The summed E-state index contributed by atoms with van der Waals surface area (Å²) >= 11 is 0. The molecule has 1 aromatic rings. The average Bonchev–Trinajstić information content (AvgIpc) is 2.76. The molecule has 6 nitrogen and oxygen atoms in total. The van der Waals surface area contributed by atoms with Crippen molar-refractivity contribution in [2.75, 3.05) is 39.4 Å². The Bertz CT molecular complexity index is 385. The smallest absolute Gasteiger partial charge is 0.227 e. The van der Waals surface area contributed by atoms with E-state index in [1.54, 1.807) is 6.20 Å². The lowest BCUT2D eigenvalue weighted by Crippen LogP contribution is -2.41. The Kier molecular flexibility index (Phi) is 4.72. The van der Waals surface area contributed by atoms with E-state index in [1.165, 1.54) is 0 Å². The Morgan fingerprint density at radius 1 is 1.50 bits per heavy atom. The Labute approximate surface area is 107 Å². The SMILES string of the molecule is Cn1ccnc1CC(=O)NCCN1CCOCC1. The minimum absolute atomic E-state index is 0.0255. The topological polar surface area (TPSA) is 59.4 Å². The maximum atomic E-state index is 11.7. The highest BCUT2D eigenvalue weighted by atomic mass is 16.5. The van der Waals surface area contributed by atoms with Crippen molar-refractivity contribution in [1.29, 1.82) is 0 Å². The first-order valence-corrected chi connectivity index (χ1v) is 6.28. The molecule has 1 aliphatic rings. The molecule has 0 bridgehead atoms. The van der Waals surface area contributed by atoms with Crippen molar-refractivity contribution in [2.24, 2.45) is 7.05 Å².